The van der Waals surface area contributed by atoms with Crippen LogP contribution in [0.1, 0.15) is 32.1 Å². The van der Waals surface area contributed by atoms with Gasteiger partial charge >= 0.3 is 5.97 Å². The van der Waals surface area contributed by atoms with Crippen LogP contribution in [0.5, 0.6) is 0 Å². The molecule has 0 aromatic heterocycles. The summed E-state index contributed by atoms with van der Waals surface area (Å²) >= 11 is 0. The summed E-state index contributed by atoms with van der Waals surface area (Å²) in [6, 6.07) is 0. The molecule has 1 saturated heterocycles. The van der Waals surface area contributed by atoms with Crippen LogP contribution in [0.25, 0.3) is 0 Å². The number of amides is 1. The van der Waals surface area contributed by atoms with Crippen LogP contribution in [-0.2, 0) is 9.59 Å². The van der Waals surface area contributed by atoms with Gasteiger partial charge in [-0.2, -0.15) is 0 Å². The minimum atomic E-state index is -0.752. The second-order valence-electron chi connectivity index (χ2n) is 6.51. The quantitative estimate of drug-likeness (QED) is 0.844. The predicted octanol–water partition coefficient (Wildman–Crippen LogP) is 1.29. The Kier molecular flexibility index (Phi) is 5.02. The third-order valence-electron chi connectivity index (χ3n) is 4.88. The van der Waals surface area contributed by atoms with Crippen molar-refractivity contribution in [2.75, 3.05) is 33.7 Å². The summed E-state index contributed by atoms with van der Waals surface area (Å²) in [6.45, 7) is 3.04. The number of hydrogen-bond acceptors (Lipinski definition) is 3. The molecular formula is C15H26N2O3. The van der Waals surface area contributed by atoms with Gasteiger partial charge in [0.1, 0.15) is 0 Å². The highest BCUT2D eigenvalue weighted by Gasteiger charge is 2.35. The number of aliphatic carboxylic acids is 1. The molecule has 1 N–H and O–H groups in total. The van der Waals surface area contributed by atoms with Crippen molar-refractivity contribution in [3.8, 4) is 0 Å². The van der Waals surface area contributed by atoms with E-state index in [1.807, 2.05) is 11.9 Å². The van der Waals surface area contributed by atoms with E-state index < -0.39 is 5.97 Å². The van der Waals surface area contributed by atoms with E-state index in [1.54, 1.807) is 0 Å². The molecule has 2 atom stereocenters. The number of carboxylic acid groups (broad SMARTS) is 1. The van der Waals surface area contributed by atoms with E-state index in [0.717, 1.165) is 38.9 Å². The Morgan fingerprint density at radius 2 is 1.75 bits per heavy atom. The standard InChI is InChI=1S/C15H26N2O3/c1-16-7-5-11(6-8-16)10-17(2)14(18)12-3-4-13(9-12)15(19)20/h11-13H,3-10H2,1-2H3,(H,19,20). The number of rotatable bonds is 4. The van der Waals surface area contributed by atoms with E-state index in [0.29, 0.717) is 18.8 Å². The highest BCUT2D eigenvalue weighted by molar-refractivity contribution is 5.80. The minimum absolute atomic E-state index is 0.0765. The minimum Gasteiger partial charge on any atom is -0.481 e. The molecule has 20 heavy (non-hydrogen) atoms. The van der Waals surface area contributed by atoms with Crippen LogP contribution in [0.3, 0.4) is 0 Å². The van der Waals surface area contributed by atoms with Crippen molar-refractivity contribution >= 4 is 11.9 Å². The lowest BCUT2D eigenvalue weighted by atomic mass is 9.96. The topological polar surface area (TPSA) is 60.9 Å². The largest absolute Gasteiger partial charge is 0.481 e. The zero-order valence-corrected chi connectivity index (χ0v) is 12.5. The van der Waals surface area contributed by atoms with Gasteiger partial charge in [0.2, 0.25) is 5.91 Å². The molecule has 1 heterocycles. The van der Waals surface area contributed by atoms with Gasteiger partial charge in [-0.05, 0) is 58.2 Å². The molecule has 1 aliphatic heterocycles. The molecule has 2 unspecified atom stereocenters. The van der Waals surface area contributed by atoms with Crippen LogP contribution >= 0.6 is 0 Å². The molecular weight excluding hydrogens is 256 g/mol. The average Bonchev–Trinajstić information content (AvgIpc) is 2.90. The first kappa shape index (κ1) is 15.3. The zero-order valence-electron chi connectivity index (χ0n) is 12.5. The highest BCUT2D eigenvalue weighted by atomic mass is 16.4. The van der Waals surface area contributed by atoms with Crippen molar-refractivity contribution in [1.82, 2.24) is 9.80 Å². The summed E-state index contributed by atoms with van der Waals surface area (Å²) in [5.74, 6) is -0.407. The maximum absolute atomic E-state index is 12.4. The molecule has 0 radical (unpaired) electrons. The Labute approximate surface area is 120 Å². The lowest BCUT2D eigenvalue weighted by Crippen LogP contribution is -2.39. The van der Waals surface area contributed by atoms with Crippen molar-refractivity contribution in [1.29, 1.82) is 0 Å². The molecule has 0 spiro atoms. The number of nitrogens with zero attached hydrogens (tertiary/aromatic N) is 2. The molecule has 1 aliphatic carbocycles. The van der Waals surface area contributed by atoms with Gasteiger partial charge in [-0.1, -0.05) is 0 Å². The van der Waals surface area contributed by atoms with E-state index in [2.05, 4.69) is 11.9 Å². The molecule has 5 nitrogen and oxygen atoms in total. The summed E-state index contributed by atoms with van der Waals surface area (Å²) in [5, 5.41) is 9.01. The van der Waals surface area contributed by atoms with Gasteiger partial charge in [0.25, 0.3) is 0 Å². The second-order valence-corrected chi connectivity index (χ2v) is 6.51. The molecule has 114 valence electrons. The summed E-state index contributed by atoms with van der Waals surface area (Å²) < 4.78 is 0. The Morgan fingerprint density at radius 3 is 2.30 bits per heavy atom. The number of carboxylic acids is 1. The van der Waals surface area contributed by atoms with Crippen LogP contribution in [0.2, 0.25) is 0 Å². The van der Waals surface area contributed by atoms with Gasteiger partial charge in [-0.25, -0.2) is 0 Å². The van der Waals surface area contributed by atoms with Crippen LogP contribution in [-0.4, -0.2) is 60.5 Å². The number of carbonyl (C=O) groups is 2. The van der Waals surface area contributed by atoms with Gasteiger partial charge in [0.15, 0.2) is 0 Å². The maximum Gasteiger partial charge on any atom is 0.306 e. The molecule has 2 rings (SSSR count). The third-order valence-corrected chi connectivity index (χ3v) is 4.88. The summed E-state index contributed by atoms with van der Waals surface area (Å²) in [5.41, 5.74) is 0. The van der Waals surface area contributed by atoms with Crippen molar-refractivity contribution in [2.45, 2.75) is 32.1 Å². The van der Waals surface area contributed by atoms with Crippen LogP contribution in [0, 0.1) is 17.8 Å². The van der Waals surface area contributed by atoms with E-state index in [9.17, 15) is 9.59 Å². The van der Waals surface area contributed by atoms with E-state index >= 15 is 0 Å². The molecule has 0 aromatic carbocycles. The maximum atomic E-state index is 12.4. The number of carbonyl (C=O) groups excluding carboxylic acids is 1. The molecule has 1 saturated carbocycles. The van der Waals surface area contributed by atoms with E-state index in [-0.39, 0.29) is 17.7 Å². The van der Waals surface area contributed by atoms with Gasteiger partial charge in [0.05, 0.1) is 5.92 Å². The lowest BCUT2D eigenvalue weighted by molar-refractivity contribution is -0.141. The number of hydrogen-bond donors (Lipinski definition) is 1. The van der Waals surface area contributed by atoms with Gasteiger partial charge in [-0.15, -0.1) is 0 Å². The Balaban J connectivity index is 1.79. The average molecular weight is 282 g/mol. The highest BCUT2D eigenvalue weighted by Crippen LogP contribution is 2.32. The van der Waals surface area contributed by atoms with Crippen LogP contribution in [0.4, 0.5) is 0 Å². The van der Waals surface area contributed by atoms with E-state index in [1.165, 1.54) is 0 Å². The van der Waals surface area contributed by atoms with Crippen molar-refractivity contribution in [3.05, 3.63) is 0 Å². The van der Waals surface area contributed by atoms with E-state index in [4.69, 9.17) is 5.11 Å². The molecule has 0 bridgehead atoms. The van der Waals surface area contributed by atoms with Gasteiger partial charge in [-0.3, -0.25) is 9.59 Å². The molecule has 2 fully saturated rings. The fraction of sp³-hybridized carbons (Fsp3) is 0.867. The number of piperidine rings is 1. The Bertz CT molecular complexity index is 364. The zero-order chi connectivity index (χ0) is 14.7. The van der Waals surface area contributed by atoms with Gasteiger partial charge < -0.3 is 14.9 Å². The van der Waals surface area contributed by atoms with Crippen LogP contribution in [0.15, 0.2) is 0 Å². The number of likely N-dealkylation sites (tertiary alicyclic amines) is 1. The van der Waals surface area contributed by atoms with Gasteiger partial charge in [0, 0.05) is 19.5 Å². The molecule has 5 heteroatoms. The Hall–Kier alpha value is -1.10. The molecule has 1 amide bonds. The first-order valence-corrected chi connectivity index (χ1v) is 7.63. The second kappa shape index (κ2) is 6.57. The first-order valence-electron chi connectivity index (χ1n) is 7.63. The SMILES string of the molecule is CN1CCC(CN(C)C(=O)C2CCC(C(=O)O)C2)CC1. The monoisotopic (exact) mass is 282 g/mol. The summed E-state index contributed by atoms with van der Waals surface area (Å²) in [7, 11) is 4.00. The predicted molar refractivity (Wildman–Crippen MR) is 76.3 cm³/mol. The lowest BCUT2D eigenvalue weighted by Gasteiger charge is -2.32. The third kappa shape index (κ3) is 3.72. The molecule has 0 aromatic rings. The van der Waals surface area contributed by atoms with Crippen LogP contribution < -0.4 is 0 Å². The fourth-order valence-corrected chi connectivity index (χ4v) is 3.46. The van der Waals surface area contributed by atoms with Crippen molar-refractivity contribution in [2.24, 2.45) is 17.8 Å². The summed E-state index contributed by atoms with van der Waals surface area (Å²) in [4.78, 5) is 27.5. The molecule has 2 aliphatic rings. The smallest absolute Gasteiger partial charge is 0.306 e. The first-order chi connectivity index (χ1) is 9.47. The van der Waals surface area contributed by atoms with Crippen molar-refractivity contribution < 1.29 is 14.7 Å². The Morgan fingerprint density at radius 1 is 1.15 bits per heavy atom. The fourth-order valence-electron chi connectivity index (χ4n) is 3.46. The van der Waals surface area contributed by atoms with Crippen molar-refractivity contribution in [3.63, 3.8) is 0 Å². The summed E-state index contributed by atoms with van der Waals surface area (Å²) in [6.07, 6.45) is 4.19. The normalized spacial score (nSPS) is 28.5.